The topological polar surface area (TPSA) is 37.8 Å². The van der Waals surface area contributed by atoms with Crippen LogP contribution in [0.15, 0.2) is 29.1 Å². The zero-order valence-corrected chi connectivity index (χ0v) is 13.7. The average Bonchev–Trinajstić information content (AvgIpc) is 2.66. The standard InChI is InChI=1S/C18H26N2O/c1-12(2)9-16-17(15-8-6-7-14(5)10-15)19-20(18(16)21)11-13(3)4/h6-8,10,12-13,19H,9,11H2,1-5H3. The van der Waals surface area contributed by atoms with Gasteiger partial charge in [0.05, 0.1) is 5.69 Å². The van der Waals surface area contributed by atoms with Crippen LogP contribution in [0.1, 0.15) is 38.8 Å². The normalized spacial score (nSPS) is 11.6. The molecule has 0 fully saturated rings. The van der Waals surface area contributed by atoms with Crippen LogP contribution in [-0.2, 0) is 13.0 Å². The van der Waals surface area contributed by atoms with Gasteiger partial charge in [0, 0.05) is 17.7 Å². The van der Waals surface area contributed by atoms with Crippen LogP contribution in [-0.4, -0.2) is 9.78 Å². The Bertz CT molecular complexity index is 662. The van der Waals surface area contributed by atoms with Gasteiger partial charge in [0.25, 0.3) is 5.56 Å². The molecule has 0 amide bonds. The summed E-state index contributed by atoms with van der Waals surface area (Å²) in [5.41, 5.74) is 4.34. The molecule has 0 saturated heterocycles. The van der Waals surface area contributed by atoms with Crippen molar-refractivity contribution in [1.82, 2.24) is 9.78 Å². The van der Waals surface area contributed by atoms with E-state index in [1.807, 2.05) is 6.07 Å². The molecule has 2 rings (SSSR count). The van der Waals surface area contributed by atoms with E-state index < -0.39 is 0 Å². The lowest BCUT2D eigenvalue weighted by Crippen LogP contribution is -2.22. The maximum Gasteiger partial charge on any atom is 0.270 e. The number of H-pyrrole nitrogens is 1. The van der Waals surface area contributed by atoms with Crippen molar-refractivity contribution in [3.63, 3.8) is 0 Å². The van der Waals surface area contributed by atoms with E-state index in [4.69, 9.17) is 0 Å². The molecule has 0 aliphatic carbocycles. The molecular weight excluding hydrogens is 260 g/mol. The highest BCUT2D eigenvalue weighted by atomic mass is 16.1. The van der Waals surface area contributed by atoms with Gasteiger partial charge >= 0.3 is 0 Å². The van der Waals surface area contributed by atoms with Crippen molar-refractivity contribution in [2.45, 2.75) is 47.6 Å². The van der Waals surface area contributed by atoms with E-state index >= 15 is 0 Å². The van der Waals surface area contributed by atoms with E-state index in [0.717, 1.165) is 29.8 Å². The highest BCUT2D eigenvalue weighted by molar-refractivity contribution is 5.63. The molecular formula is C18H26N2O. The minimum Gasteiger partial charge on any atom is -0.295 e. The molecule has 1 aromatic carbocycles. The number of hydrogen-bond acceptors (Lipinski definition) is 1. The Balaban J connectivity index is 2.55. The van der Waals surface area contributed by atoms with E-state index in [0.29, 0.717) is 11.8 Å². The molecule has 3 heteroatoms. The Kier molecular flexibility index (Phi) is 4.71. The van der Waals surface area contributed by atoms with E-state index in [-0.39, 0.29) is 5.56 Å². The summed E-state index contributed by atoms with van der Waals surface area (Å²) in [7, 11) is 0. The molecule has 0 aliphatic heterocycles. The summed E-state index contributed by atoms with van der Waals surface area (Å²) in [6.45, 7) is 11.4. The van der Waals surface area contributed by atoms with Crippen molar-refractivity contribution < 1.29 is 0 Å². The van der Waals surface area contributed by atoms with Gasteiger partial charge < -0.3 is 0 Å². The molecule has 0 spiro atoms. The van der Waals surface area contributed by atoms with Crippen molar-refractivity contribution >= 4 is 0 Å². The van der Waals surface area contributed by atoms with Gasteiger partial charge in [0.15, 0.2) is 0 Å². The number of rotatable bonds is 5. The Hall–Kier alpha value is -1.77. The molecule has 1 N–H and O–H groups in total. The number of hydrogen-bond donors (Lipinski definition) is 1. The fourth-order valence-corrected chi connectivity index (χ4v) is 2.65. The summed E-state index contributed by atoms with van der Waals surface area (Å²) in [5.74, 6) is 0.906. The monoisotopic (exact) mass is 286 g/mol. The number of aryl methyl sites for hydroxylation is 1. The minimum absolute atomic E-state index is 0.133. The number of nitrogens with one attached hydrogen (secondary N) is 1. The first-order chi connectivity index (χ1) is 9.88. The summed E-state index contributed by atoms with van der Waals surface area (Å²) in [6.07, 6.45) is 0.809. The van der Waals surface area contributed by atoms with Crippen molar-refractivity contribution in [1.29, 1.82) is 0 Å². The minimum atomic E-state index is 0.133. The molecule has 0 bridgehead atoms. The van der Waals surface area contributed by atoms with Gasteiger partial charge in [-0.1, -0.05) is 51.5 Å². The zero-order valence-electron chi connectivity index (χ0n) is 13.7. The predicted molar refractivity (Wildman–Crippen MR) is 88.6 cm³/mol. The first-order valence-electron chi connectivity index (χ1n) is 7.77. The molecule has 2 aromatic rings. The van der Waals surface area contributed by atoms with Crippen LogP contribution >= 0.6 is 0 Å². The van der Waals surface area contributed by atoms with Crippen molar-refractivity contribution in [2.75, 3.05) is 0 Å². The van der Waals surface area contributed by atoms with Gasteiger partial charge in [-0.15, -0.1) is 0 Å². The third-order valence-corrected chi connectivity index (χ3v) is 3.52. The van der Waals surface area contributed by atoms with Crippen LogP contribution in [0.3, 0.4) is 0 Å². The first-order valence-corrected chi connectivity index (χ1v) is 7.77. The van der Waals surface area contributed by atoms with E-state index in [9.17, 15) is 4.79 Å². The Morgan fingerprint density at radius 2 is 1.86 bits per heavy atom. The highest BCUT2D eigenvalue weighted by Crippen LogP contribution is 2.23. The summed E-state index contributed by atoms with van der Waals surface area (Å²) < 4.78 is 1.76. The van der Waals surface area contributed by atoms with Crippen molar-refractivity contribution in [2.24, 2.45) is 11.8 Å². The lowest BCUT2D eigenvalue weighted by atomic mass is 9.99. The average molecular weight is 286 g/mol. The lowest BCUT2D eigenvalue weighted by Gasteiger charge is -2.06. The van der Waals surface area contributed by atoms with Gasteiger partial charge in [-0.2, -0.15) is 0 Å². The number of aromatic amines is 1. The quantitative estimate of drug-likeness (QED) is 0.886. The number of nitrogens with zero attached hydrogens (tertiary/aromatic N) is 1. The van der Waals surface area contributed by atoms with Crippen LogP contribution in [0.25, 0.3) is 11.3 Å². The third kappa shape index (κ3) is 3.66. The van der Waals surface area contributed by atoms with Crippen molar-refractivity contribution in [3.8, 4) is 11.3 Å². The number of benzene rings is 1. The maximum absolute atomic E-state index is 12.7. The number of aromatic nitrogens is 2. The van der Waals surface area contributed by atoms with Crippen LogP contribution in [0, 0.1) is 18.8 Å². The second-order valence-electron chi connectivity index (χ2n) is 6.74. The first kappa shape index (κ1) is 15.6. The molecule has 0 radical (unpaired) electrons. The van der Waals surface area contributed by atoms with Crippen molar-refractivity contribution in [3.05, 3.63) is 45.7 Å². The van der Waals surface area contributed by atoms with Gasteiger partial charge in [-0.25, -0.2) is 0 Å². The third-order valence-electron chi connectivity index (χ3n) is 3.52. The molecule has 1 heterocycles. The summed E-state index contributed by atoms with van der Waals surface area (Å²) in [6, 6.07) is 8.33. The smallest absolute Gasteiger partial charge is 0.270 e. The van der Waals surface area contributed by atoms with Gasteiger partial charge in [0.1, 0.15) is 0 Å². The summed E-state index contributed by atoms with van der Waals surface area (Å²) in [4.78, 5) is 12.7. The summed E-state index contributed by atoms with van der Waals surface area (Å²) >= 11 is 0. The predicted octanol–water partition coefficient (Wildman–Crippen LogP) is 4.01. The lowest BCUT2D eigenvalue weighted by molar-refractivity contribution is 0.472. The second-order valence-corrected chi connectivity index (χ2v) is 6.74. The fourth-order valence-electron chi connectivity index (χ4n) is 2.65. The molecule has 21 heavy (non-hydrogen) atoms. The molecule has 114 valence electrons. The molecule has 0 saturated carbocycles. The van der Waals surface area contributed by atoms with Gasteiger partial charge in [-0.3, -0.25) is 14.6 Å². The fraction of sp³-hybridized carbons (Fsp3) is 0.500. The second kappa shape index (κ2) is 6.33. The van der Waals surface area contributed by atoms with E-state index in [2.05, 4.69) is 57.9 Å². The largest absolute Gasteiger partial charge is 0.295 e. The van der Waals surface area contributed by atoms with Gasteiger partial charge in [0.2, 0.25) is 0 Å². The van der Waals surface area contributed by atoms with Crippen LogP contribution in [0.4, 0.5) is 0 Å². The van der Waals surface area contributed by atoms with E-state index in [1.54, 1.807) is 4.68 Å². The SMILES string of the molecule is Cc1cccc(-c2[nH]n(CC(C)C)c(=O)c2CC(C)C)c1. The highest BCUT2D eigenvalue weighted by Gasteiger charge is 2.17. The maximum atomic E-state index is 12.7. The molecule has 1 aromatic heterocycles. The molecule has 0 atom stereocenters. The van der Waals surface area contributed by atoms with Crippen LogP contribution in [0.5, 0.6) is 0 Å². The Labute approximate surface area is 127 Å². The van der Waals surface area contributed by atoms with Gasteiger partial charge in [-0.05, 0) is 31.2 Å². The Morgan fingerprint density at radius 3 is 2.43 bits per heavy atom. The zero-order chi connectivity index (χ0) is 15.6. The molecule has 0 aliphatic rings. The summed E-state index contributed by atoms with van der Waals surface area (Å²) in [5, 5.41) is 3.33. The van der Waals surface area contributed by atoms with Crippen LogP contribution in [0.2, 0.25) is 0 Å². The van der Waals surface area contributed by atoms with E-state index in [1.165, 1.54) is 5.56 Å². The molecule has 0 unspecified atom stereocenters. The Morgan fingerprint density at radius 1 is 1.14 bits per heavy atom. The molecule has 3 nitrogen and oxygen atoms in total. The van der Waals surface area contributed by atoms with Crippen LogP contribution < -0.4 is 5.56 Å².